The number of hydrogen-bond acceptors (Lipinski definition) is 3. The summed E-state index contributed by atoms with van der Waals surface area (Å²) >= 11 is 5.40. The average Bonchev–Trinajstić information content (AvgIpc) is 3.07. The minimum absolute atomic E-state index is 0.200. The van der Waals surface area contributed by atoms with E-state index in [2.05, 4.69) is 12.2 Å². The van der Waals surface area contributed by atoms with Crippen molar-refractivity contribution in [2.45, 2.75) is 39.2 Å². The smallest absolute Gasteiger partial charge is 0.250 e. The van der Waals surface area contributed by atoms with Crippen molar-refractivity contribution in [3.63, 3.8) is 0 Å². The second-order valence-corrected chi connectivity index (χ2v) is 6.51. The predicted molar refractivity (Wildman–Crippen MR) is 102 cm³/mol. The molecule has 1 saturated heterocycles. The highest BCUT2D eigenvalue weighted by molar-refractivity contribution is 7.80. The molecule has 24 heavy (non-hydrogen) atoms. The second kappa shape index (κ2) is 9.55. The van der Waals surface area contributed by atoms with Crippen LogP contribution in [-0.2, 0) is 9.53 Å². The molecule has 1 heterocycles. The number of carbonyl (C=O) groups excluding carboxylic acids is 1. The molecule has 1 aromatic carbocycles. The van der Waals surface area contributed by atoms with E-state index in [1.54, 1.807) is 6.08 Å². The summed E-state index contributed by atoms with van der Waals surface area (Å²) in [4.78, 5) is 14.1. The van der Waals surface area contributed by atoms with Crippen LogP contribution in [-0.4, -0.2) is 41.7 Å². The largest absolute Gasteiger partial charge is 0.376 e. The number of nitrogens with one attached hydrogen (secondary N) is 1. The SMILES string of the molecule is CCCN(CC1CCCO1)C(=S)NC(=O)C=Cc1ccc(C)cc1. The van der Waals surface area contributed by atoms with Gasteiger partial charge in [0.25, 0.3) is 0 Å². The Kier molecular flexibility index (Phi) is 7.40. The third-order valence-electron chi connectivity index (χ3n) is 3.96. The molecule has 0 bridgehead atoms. The molecule has 0 radical (unpaired) electrons. The van der Waals surface area contributed by atoms with Gasteiger partial charge in [-0.25, -0.2) is 0 Å². The quantitative estimate of drug-likeness (QED) is 0.634. The van der Waals surface area contributed by atoms with E-state index >= 15 is 0 Å². The van der Waals surface area contributed by atoms with E-state index < -0.39 is 0 Å². The van der Waals surface area contributed by atoms with Gasteiger partial charge in [-0.05, 0) is 50.0 Å². The molecule has 0 spiro atoms. The van der Waals surface area contributed by atoms with Crippen molar-refractivity contribution >= 4 is 29.3 Å². The van der Waals surface area contributed by atoms with Crippen LogP contribution in [0.4, 0.5) is 0 Å². The van der Waals surface area contributed by atoms with Crippen LogP contribution >= 0.6 is 12.2 Å². The Hall–Kier alpha value is -1.72. The Morgan fingerprint density at radius 3 is 2.79 bits per heavy atom. The summed E-state index contributed by atoms with van der Waals surface area (Å²) in [5.41, 5.74) is 2.19. The zero-order valence-electron chi connectivity index (χ0n) is 14.5. The third kappa shape index (κ3) is 6.06. The molecule has 4 nitrogen and oxygen atoms in total. The van der Waals surface area contributed by atoms with E-state index in [4.69, 9.17) is 17.0 Å². The molecular formula is C19H26N2O2S. The number of carbonyl (C=O) groups is 1. The van der Waals surface area contributed by atoms with Crippen molar-refractivity contribution in [1.82, 2.24) is 10.2 Å². The van der Waals surface area contributed by atoms with E-state index in [0.29, 0.717) is 5.11 Å². The number of ether oxygens (including phenoxy) is 1. The minimum Gasteiger partial charge on any atom is -0.376 e. The van der Waals surface area contributed by atoms with Crippen molar-refractivity contribution < 1.29 is 9.53 Å². The Morgan fingerprint density at radius 1 is 1.42 bits per heavy atom. The molecule has 0 saturated carbocycles. The van der Waals surface area contributed by atoms with Gasteiger partial charge in [-0.2, -0.15) is 0 Å². The zero-order chi connectivity index (χ0) is 17.4. The first-order valence-corrected chi connectivity index (χ1v) is 8.95. The second-order valence-electron chi connectivity index (χ2n) is 6.12. The van der Waals surface area contributed by atoms with Crippen LogP contribution in [0.25, 0.3) is 6.08 Å². The van der Waals surface area contributed by atoms with Crippen molar-refractivity contribution in [1.29, 1.82) is 0 Å². The standard InChI is InChI=1S/C19H26N2O2S/c1-3-12-21(14-17-5-4-13-23-17)19(24)20-18(22)11-10-16-8-6-15(2)7-9-16/h6-11,17H,3-5,12-14H2,1-2H3,(H,20,22,24). The first-order valence-electron chi connectivity index (χ1n) is 8.54. The van der Waals surface area contributed by atoms with Crippen LogP contribution in [0.5, 0.6) is 0 Å². The van der Waals surface area contributed by atoms with Crippen molar-refractivity contribution in [2.75, 3.05) is 19.7 Å². The van der Waals surface area contributed by atoms with E-state index in [-0.39, 0.29) is 12.0 Å². The molecule has 1 amide bonds. The summed E-state index contributed by atoms with van der Waals surface area (Å²) in [6.45, 7) is 6.53. The maximum Gasteiger partial charge on any atom is 0.250 e. The average molecular weight is 346 g/mol. The van der Waals surface area contributed by atoms with E-state index in [1.165, 1.54) is 11.6 Å². The van der Waals surface area contributed by atoms with Gasteiger partial charge < -0.3 is 9.64 Å². The highest BCUT2D eigenvalue weighted by Crippen LogP contribution is 2.13. The summed E-state index contributed by atoms with van der Waals surface area (Å²) < 4.78 is 5.67. The predicted octanol–water partition coefficient (Wildman–Crippen LogP) is 3.30. The third-order valence-corrected chi connectivity index (χ3v) is 4.32. The monoisotopic (exact) mass is 346 g/mol. The van der Waals surface area contributed by atoms with Gasteiger partial charge in [-0.3, -0.25) is 10.1 Å². The Balaban J connectivity index is 1.87. The zero-order valence-corrected chi connectivity index (χ0v) is 15.3. The number of hydrogen-bond donors (Lipinski definition) is 1. The molecule has 1 atom stereocenters. The lowest BCUT2D eigenvalue weighted by atomic mass is 10.1. The van der Waals surface area contributed by atoms with Crippen molar-refractivity contribution in [3.8, 4) is 0 Å². The van der Waals surface area contributed by atoms with E-state index in [9.17, 15) is 4.79 Å². The number of nitrogens with zero attached hydrogens (tertiary/aromatic N) is 1. The molecule has 1 aliphatic heterocycles. The highest BCUT2D eigenvalue weighted by Gasteiger charge is 2.20. The normalized spacial score (nSPS) is 17.2. The van der Waals surface area contributed by atoms with Gasteiger partial charge in [0, 0.05) is 25.8 Å². The lowest BCUT2D eigenvalue weighted by Crippen LogP contribution is -2.45. The summed E-state index contributed by atoms with van der Waals surface area (Å²) in [5, 5.41) is 3.27. The molecule has 0 aromatic heterocycles. The Labute approximate surface area is 149 Å². The molecule has 1 N–H and O–H groups in total. The van der Waals surface area contributed by atoms with Crippen LogP contribution in [0, 0.1) is 6.92 Å². The molecule has 1 unspecified atom stereocenters. The van der Waals surface area contributed by atoms with Crippen molar-refractivity contribution in [2.24, 2.45) is 0 Å². The fourth-order valence-electron chi connectivity index (χ4n) is 2.66. The molecule has 0 aliphatic carbocycles. The number of thiocarbonyl (C=S) groups is 1. The Bertz CT molecular complexity index is 578. The summed E-state index contributed by atoms with van der Waals surface area (Å²) in [6, 6.07) is 8.01. The number of amides is 1. The topological polar surface area (TPSA) is 41.6 Å². The number of benzene rings is 1. The first-order chi connectivity index (χ1) is 11.6. The minimum atomic E-state index is -0.200. The molecule has 1 fully saturated rings. The van der Waals surface area contributed by atoms with Gasteiger partial charge in [-0.1, -0.05) is 36.8 Å². The van der Waals surface area contributed by atoms with Crippen LogP contribution in [0.3, 0.4) is 0 Å². The van der Waals surface area contributed by atoms with Gasteiger partial charge in [0.15, 0.2) is 5.11 Å². The molecule has 1 aromatic rings. The maximum atomic E-state index is 12.1. The van der Waals surface area contributed by atoms with Gasteiger partial charge >= 0.3 is 0 Å². The van der Waals surface area contributed by atoms with Gasteiger partial charge in [0.1, 0.15) is 0 Å². The van der Waals surface area contributed by atoms with Crippen LogP contribution in [0.1, 0.15) is 37.3 Å². The van der Waals surface area contributed by atoms with Crippen LogP contribution < -0.4 is 5.32 Å². The van der Waals surface area contributed by atoms with Crippen LogP contribution in [0.2, 0.25) is 0 Å². The summed E-state index contributed by atoms with van der Waals surface area (Å²) in [5.74, 6) is -0.200. The molecule has 130 valence electrons. The first kappa shape index (κ1) is 18.6. The molecular weight excluding hydrogens is 320 g/mol. The lowest BCUT2D eigenvalue weighted by Gasteiger charge is -2.27. The molecule has 2 rings (SSSR count). The molecule has 1 aliphatic rings. The van der Waals surface area contributed by atoms with Gasteiger partial charge in [0.2, 0.25) is 5.91 Å². The number of rotatable bonds is 6. The van der Waals surface area contributed by atoms with Crippen molar-refractivity contribution in [3.05, 3.63) is 41.5 Å². The fourth-order valence-corrected chi connectivity index (χ4v) is 2.92. The van der Waals surface area contributed by atoms with E-state index in [1.807, 2.05) is 36.1 Å². The lowest BCUT2D eigenvalue weighted by molar-refractivity contribution is -0.115. The van der Waals surface area contributed by atoms with E-state index in [0.717, 1.165) is 44.5 Å². The Morgan fingerprint density at radius 2 is 2.17 bits per heavy atom. The number of aryl methyl sites for hydroxylation is 1. The highest BCUT2D eigenvalue weighted by atomic mass is 32.1. The maximum absolute atomic E-state index is 12.1. The van der Waals surface area contributed by atoms with Gasteiger partial charge in [0.05, 0.1) is 6.10 Å². The molecule has 5 heteroatoms. The van der Waals surface area contributed by atoms with Gasteiger partial charge in [-0.15, -0.1) is 0 Å². The van der Waals surface area contributed by atoms with Crippen LogP contribution in [0.15, 0.2) is 30.3 Å². The summed E-state index contributed by atoms with van der Waals surface area (Å²) in [6.07, 6.45) is 6.67. The summed E-state index contributed by atoms with van der Waals surface area (Å²) in [7, 11) is 0. The fraction of sp³-hybridized carbons (Fsp3) is 0.474.